The van der Waals surface area contributed by atoms with Gasteiger partial charge in [-0.3, -0.25) is 38.4 Å². The molecule has 7 amide bonds. The Balaban J connectivity index is 1.82. The van der Waals surface area contributed by atoms with Crippen molar-refractivity contribution in [2.45, 2.75) is 107 Å². The lowest BCUT2D eigenvalue weighted by atomic mass is 10.0. The van der Waals surface area contributed by atoms with Gasteiger partial charge in [0.25, 0.3) is 0 Å². The van der Waals surface area contributed by atoms with Crippen LogP contribution in [0.3, 0.4) is 0 Å². The van der Waals surface area contributed by atoms with E-state index in [4.69, 9.17) is 17.2 Å². The van der Waals surface area contributed by atoms with Gasteiger partial charge in [-0.05, 0) is 50.5 Å². The molecule has 1 aromatic rings. The monoisotopic (exact) mass is 744 g/mol. The number of carboxylic acids is 2. The molecule has 290 valence electrons. The number of hydrogen-bond donors (Lipinski definition) is 8. The van der Waals surface area contributed by atoms with Crippen molar-refractivity contribution in [3.05, 3.63) is 35.9 Å². The highest BCUT2D eigenvalue weighted by molar-refractivity contribution is 5.97. The zero-order valence-electron chi connectivity index (χ0n) is 29.2. The van der Waals surface area contributed by atoms with Crippen LogP contribution in [0.4, 0.5) is 0 Å². The van der Waals surface area contributed by atoms with Gasteiger partial charge >= 0.3 is 11.9 Å². The molecule has 0 aromatic heterocycles. The molecule has 6 atom stereocenters. The van der Waals surface area contributed by atoms with E-state index in [1.165, 1.54) is 9.80 Å². The number of likely N-dealkylation sites (tertiary alicyclic amines) is 2. The number of benzene rings is 1. The smallest absolute Gasteiger partial charge is 0.326 e. The van der Waals surface area contributed by atoms with Crippen LogP contribution in [0.25, 0.3) is 0 Å². The Kier molecular flexibility index (Phi) is 15.7. The second-order valence-electron chi connectivity index (χ2n) is 13.1. The summed E-state index contributed by atoms with van der Waals surface area (Å²) in [6.45, 7) is 0.262. The van der Waals surface area contributed by atoms with E-state index in [0.717, 1.165) is 0 Å². The lowest BCUT2D eigenvalue weighted by Crippen LogP contribution is -2.59. The van der Waals surface area contributed by atoms with E-state index in [0.29, 0.717) is 18.4 Å². The van der Waals surface area contributed by atoms with Crippen LogP contribution in [-0.4, -0.2) is 123 Å². The zero-order valence-corrected chi connectivity index (χ0v) is 29.2. The van der Waals surface area contributed by atoms with Crippen molar-refractivity contribution in [2.24, 2.45) is 17.2 Å². The maximum absolute atomic E-state index is 14.0. The Labute approximate surface area is 305 Å². The molecule has 1 aromatic carbocycles. The zero-order chi connectivity index (χ0) is 39.2. The molecule has 19 heteroatoms. The van der Waals surface area contributed by atoms with Crippen LogP contribution in [0, 0.1) is 0 Å². The molecule has 0 saturated carbocycles. The van der Waals surface area contributed by atoms with Crippen LogP contribution in [0.5, 0.6) is 0 Å². The molecule has 0 unspecified atom stereocenters. The summed E-state index contributed by atoms with van der Waals surface area (Å²) >= 11 is 0. The van der Waals surface area contributed by atoms with Crippen molar-refractivity contribution in [1.82, 2.24) is 25.8 Å². The third-order valence-corrected chi connectivity index (χ3v) is 9.17. The number of nitrogens with two attached hydrogens (primary N) is 3. The Morgan fingerprint density at radius 1 is 0.679 bits per heavy atom. The Morgan fingerprint density at radius 2 is 1.21 bits per heavy atom. The van der Waals surface area contributed by atoms with E-state index in [9.17, 15) is 53.4 Å². The molecule has 2 aliphatic heterocycles. The van der Waals surface area contributed by atoms with Gasteiger partial charge < -0.3 is 53.2 Å². The topological polar surface area (TPSA) is 315 Å². The molecule has 2 heterocycles. The fourth-order valence-corrected chi connectivity index (χ4v) is 6.37. The quantitative estimate of drug-likeness (QED) is 0.0686. The first-order valence-electron chi connectivity index (χ1n) is 17.4. The molecular weight excluding hydrogens is 696 g/mol. The molecule has 0 bridgehead atoms. The molecule has 2 fully saturated rings. The van der Waals surface area contributed by atoms with Crippen molar-refractivity contribution in [1.29, 1.82) is 0 Å². The predicted molar refractivity (Wildman–Crippen MR) is 185 cm³/mol. The molecule has 0 aliphatic carbocycles. The SMILES string of the molecule is NC(=O)CC[C@H](NC(=O)[C@H](CCC(=O)O)NC(=O)[C@@H](N)CCC(N)=O)C(=O)N1CCC[C@H]1C(=O)N[C@@H](Cc1ccccc1)C(=O)N1CCC[C@H]1C(=O)O. The van der Waals surface area contributed by atoms with Crippen LogP contribution >= 0.6 is 0 Å². The second-order valence-corrected chi connectivity index (χ2v) is 13.1. The first-order chi connectivity index (χ1) is 25.1. The number of rotatable bonds is 20. The van der Waals surface area contributed by atoms with Crippen LogP contribution in [0.1, 0.15) is 69.8 Å². The standard InChI is InChI=1S/C34H48N8O11/c35-20(10-13-26(36)43)29(47)38-21(12-15-28(45)46)30(48)39-22(11-14-27(37)44)32(50)41-16-4-8-24(41)31(49)40-23(18-19-6-2-1-3-7-19)33(51)42-17-5-9-25(42)34(52)53/h1-3,6-7,20-25H,4-5,8-18,35H2,(H2,36,43)(H2,37,44)(H,38,47)(H,39,48)(H,40,49)(H,45,46)(H,52,53)/t20-,21-,22-,23-,24-,25-/m0/s1. The van der Waals surface area contributed by atoms with Crippen LogP contribution in [0.15, 0.2) is 30.3 Å². The largest absolute Gasteiger partial charge is 0.481 e. The van der Waals surface area contributed by atoms with Gasteiger partial charge in [0.05, 0.1) is 6.04 Å². The summed E-state index contributed by atoms with van der Waals surface area (Å²) in [7, 11) is 0. The number of carbonyl (C=O) groups excluding carboxylic acids is 7. The maximum Gasteiger partial charge on any atom is 0.326 e. The lowest BCUT2D eigenvalue weighted by Gasteiger charge is -2.32. The third-order valence-electron chi connectivity index (χ3n) is 9.17. The number of nitrogens with one attached hydrogen (secondary N) is 3. The molecule has 2 saturated heterocycles. The Morgan fingerprint density at radius 3 is 1.79 bits per heavy atom. The number of hydrogen-bond acceptors (Lipinski definition) is 10. The van der Waals surface area contributed by atoms with Gasteiger partial charge in [-0.25, -0.2) is 4.79 Å². The average molecular weight is 745 g/mol. The average Bonchev–Trinajstić information content (AvgIpc) is 3.81. The first kappa shape index (κ1) is 41.8. The molecule has 0 spiro atoms. The Hall–Kier alpha value is -5.59. The van der Waals surface area contributed by atoms with Crippen LogP contribution < -0.4 is 33.2 Å². The fraction of sp³-hybridized carbons (Fsp3) is 0.559. The summed E-state index contributed by atoms with van der Waals surface area (Å²) in [5.74, 6) is -7.85. The summed E-state index contributed by atoms with van der Waals surface area (Å²) in [4.78, 5) is 116. The van der Waals surface area contributed by atoms with Crippen molar-refractivity contribution in [2.75, 3.05) is 13.1 Å². The van der Waals surface area contributed by atoms with Gasteiger partial charge in [-0.15, -0.1) is 0 Å². The van der Waals surface area contributed by atoms with E-state index in [-0.39, 0.29) is 58.0 Å². The van der Waals surface area contributed by atoms with Crippen molar-refractivity contribution < 1.29 is 53.4 Å². The summed E-state index contributed by atoms with van der Waals surface area (Å²) in [5.41, 5.74) is 17.0. The maximum atomic E-state index is 14.0. The summed E-state index contributed by atoms with van der Waals surface area (Å²) in [5, 5.41) is 26.5. The highest BCUT2D eigenvalue weighted by atomic mass is 16.4. The minimum Gasteiger partial charge on any atom is -0.481 e. The molecule has 53 heavy (non-hydrogen) atoms. The minimum atomic E-state index is -1.50. The van der Waals surface area contributed by atoms with E-state index in [2.05, 4.69) is 16.0 Å². The summed E-state index contributed by atoms with van der Waals surface area (Å²) < 4.78 is 0. The number of carbonyl (C=O) groups is 9. The third kappa shape index (κ3) is 12.5. The van der Waals surface area contributed by atoms with Crippen molar-refractivity contribution in [3.63, 3.8) is 0 Å². The molecule has 2 aliphatic rings. The normalized spacial score (nSPS) is 19.0. The van der Waals surface area contributed by atoms with Crippen molar-refractivity contribution >= 4 is 53.3 Å². The fourth-order valence-electron chi connectivity index (χ4n) is 6.37. The van der Waals surface area contributed by atoms with E-state index < -0.39 is 102 Å². The van der Waals surface area contributed by atoms with E-state index in [1.54, 1.807) is 30.3 Å². The van der Waals surface area contributed by atoms with Gasteiger partial charge in [0.2, 0.25) is 41.4 Å². The Bertz CT molecular complexity index is 1540. The van der Waals surface area contributed by atoms with Crippen molar-refractivity contribution in [3.8, 4) is 0 Å². The van der Waals surface area contributed by atoms with Crippen LogP contribution in [0.2, 0.25) is 0 Å². The number of nitrogens with zero attached hydrogens (tertiary/aromatic N) is 2. The number of aliphatic carboxylic acids is 2. The van der Waals surface area contributed by atoms with Crippen LogP contribution in [-0.2, 0) is 49.6 Å². The minimum absolute atomic E-state index is 0.0435. The first-order valence-corrected chi connectivity index (χ1v) is 17.4. The summed E-state index contributed by atoms with van der Waals surface area (Å²) in [6.07, 6.45) is -0.674. The number of carboxylic acid groups (broad SMARTS) is 2. The highest BCUT2D eigenvalue weighted by Crippen LogP contribution is 2.23. The van der Waals surface area contributed by atoms with E-state index in [1.807, 2.05) is 0 Å². The molecular formula is C34H48N8O11. The van der Waals surface area contributed by atoms with Gasteiger partial charge in [-0.1, -0.05) is 30.3 Å². The number of amides is 7. The molecule has 3 rings (SSSR count). The second kappa shape index (κ2) is 19.9. The summed E-state index contributed by atoms with van der Waals surface area (Å²) in [6, 6.07) is 1.26. The van der Waals surface area contributed by atoms with Gasteiger partial charge in [0, 0.05) is 38.8 Å². The van der Waals surface area contributed by atoms with Gasteiger partial charge in [-0.2, -0.15) is 0 Å². The van der Waals surface area contributed by atoms with Gasteiger partial charge in [0.15, 0.2) is 0 Å². The predicted octanol–water partition coefficient (Wildman–Crippen LogP) is -2.53. The molecule has 19 nitrogen and oxygen atoms in total. The van der Waals surface area contributed by atoms with Gasteiger partial charge in [0.1, 0.15) is 30.2 Å². The van der Waals surface area contributed by atoms with E-state index >= 15 is 0 Å². The molecule has 0 radical (unpaired) electrons. The lowest BCUT2D eigenvalue weighted by molar-refractivity contribution is -0.149. The molecule has 11 N–H and O–H groups in total. The number of primary amides is 2. The highest BCUT2D eigenvalue weighted by Gasteiger charge is 2.42.